The van der Waals surface area contributed by atoms with Gasteiger partial charge < -0.3 is 15.2 Å². The van der Waals surface area contributed by atoms with Gasteiger partial charge in [0, 0.05) is 16.8 Å². The summed E-state index contributed by atoms with van der Waals surface area (Å²) in [6.45, 7) is 2.08. The SMILES string of the molecule is Cc1cc(C[C@H](NC(=O)OCC2c3ccccc3-c3ccccc32)C(=O)O)ccc1Br. The van der Waals surface area contributed by atoms with E-state index in [1.807, 2.05) is 61.5 Å². The molecule has 0 aliphatic heterocycles. The Balaban J connectivity index is 1.43. The summed E-state index contributed by atoms with van der Waals surface area (Å²) < 4.78 is 6.43. The number of carbonyl (C=O) groups excluding carboxylic acids is 1. The van der Waals surface area contributed by atoms with E-state index in [0.717, 1.165) is 37.9 Å². The molecule has 6 heteroatoms. The van der Waals surface area contributed by atoms with Crippen molar-refractivity contribution in [3.63, 3.8) is 0 Å². The third-order valence-corrected chi connectivity index (χ3v) is 6.49. The Hall–Kier alpha value is -3.12. The summed E-state index contributed by atoms with van der Waals surface area (Å²) >= 11 is 3.43. The molecule has 5 nitrogen and oxygen atoms in total. The van der Waals surface area contributed by atoms with Gasteiger partial charge in [-0.25, -0.2) is 9.59 Å². The molecule has 0 bridgehead atoms. The Bertz CT molecular complexity index is 1100. The van der Waals surface area contributed by atoms with Gasteiger partial charge in [-0.15, -0.1) is 0 Å². The summed E-state index contributed by atoms with van der Waals surface area (Å²) in [4.78, 5) is 24.1. The molecule has 0 saturated heterocycles. The summed E-state index contributed by atoms with van der Waals surface area (Å²) in [6, 6.07) is 20.7. The fraction of sp³-hybridized carbons (Fsp3) is 0.200. The summed E-state index contributed by atoms with van der Waals surface area (Å²) in [5.41, 5.74) is 6.32. The molecular weight excluding hydrogens is 458 g/mol. The highest BCUT2D eigenvalue weighted by Crippen LogP contribution is 2.44. The summed E-state index contributed by atoms with van der Waals surface area (Å²) in [5.74, 6) is -1.18. The molecule has 2 N–H and O–H groups in total. The number of aryl methyl sites for hydroxylation is 1. The molecule has 0 saturated carbocycles. The van der Waals surface area contributed by atoms with Gasteiger partial charge in [-0.05, 0) is 46.4 Å². The number of alkyl carbamates (subject to hydrolysis) is 1. The van der Waals surface area contributed by atoms with Crippen molar-refractivity contribution in [1.29, 1.82) is 0 Å². The van der Waals surface area contributed by atoms with Crippen LogP contribution in [0.4, 0.5) is 4.79 Å². The number of rotatable bonds is 6. The second kappa shape index (κ2) is 8.94. The van der Waals surface area contributed by atoms with Gasteiger partial charge in [-0.3, -0.25) is 0 Å². The number of halogens is 1. The predicted molar refractivity (Wildman–Crippen MR) is 122 cm³/mol. The zero-order valence-corrected chi connectivity index (χ0v) is 18.6. The van der Waals surface area contributed by atoms with Gasteiger partial charge in [0.05, 0.1) is 0 Å². The van der Waals surface area contributed by atoms with Gasteiger partial charge in [-0.2, -0.15) is 0 Å². The van der Waals surface area contributed by atoms with Crippen molar-refractivity contribution in [2.45, 2.75) is 25.3 Å². The van der Waals surface area contributed by atoms with Crippen LogP contribution < -0.4 is 5.32 Å². The van der Waals surface area contributed by atoms with Gasteiger partial charge >= 0.3 is 12.1 Å². The molecule has 0 spiro atoms. The van der Waals surface area contributed by atoms with Crippen LogP contribution in [0.15, 0.2) is 71.2 Å². The average Bonchev–Trinajstić information content (AvgIpc) is 3.08. The molecule has 158 valence electrons. The number of nitrogens with one attached hydrogen (secondary N) is 1. The highest BCUT2D eigenvalue weighted by atomic mass is 79.9. The zero-order chi connectivity index (χ0) is 22.0. The van der Waals surface area contributed by atoms with Crippen LogP contribution in [0.2, 0.25) is 0 Å². The maximum absolute atomic E-state index is 12.4. The fourth-order valence-electron chi connectivity index (χ4n) is 4.05. The van der Waals surface area contributed by atoms with Crippen LogP contribution in [0, 0.1) is 6.92 Å². The molecule has 4 rings (SSSR count). The number of carbonyl (C=O) groups is 2. The maximum atomic E-state index is 12.4. The van der Waals surface area contributed by atoms with E-state index in [-0.39, 0.29) is 18.9 Å². The number of carboxylic acid groups (broad SMARTS) is 1. The third kappa shape index (κ3) is 4.49. The van der Waals surface area contributed by atoms with Crippen molar-refractivity contribution in [3.8, 4) is 11.1 Å². The summed E-state index contributed by atoms with van der Waals surface area (Å²) in [5, 5.41) is 12.1. The third-order valence-electron chi connectivity index (χ3n) is 5.60. The molecule has 3 aromatic carbocycles. The van der Waals surface area contributed by atoms with Gasteiger partial charge in [0.1, 0.15) is 12.6 Å². The highest BCUT2D eigenvalue weighted by molar-refractivity contribution is 9.10. The molecule has 0 aromatic heterocycles. The quantitative estimate of drug-likeness (QED) is 0.503. The first kappa shape index (κ1) is 21.1. The lowest BCUT2D eigenvalue weighted by atomic mass is 9.98. The Labute approximate surface area is 189 Å². The number of fused-ring (bicyclic) bond motifs is 3. The molecular formula is C25H22BrNO4. The van der Waals surface area contributed by atoms with Crippen LogP contribution in [0.3, 0.4) is 0 Å². The largest absolute Gasteiger partial charge is 0.480 e. The molecule has 1 amide bonds. The summed E-state index contributed by atoms with van der Waals surface area (Å²) in [7, 11) is 0. The number of aliphatic carboxylic acids is 1. The minimum Gasteiger partial charge on any atom is -0.480 e. The van der Waals surface area contributed by atoms with Crippen LogP contribution in [0.1, 0.15) is 28.2 Å². The molecule has 0 fully saturated rings. The lowest BCUT2D eigenvalue weighted by Crippen LogP contribution is -2.42. The van der Waals surface area contributed by atoms with Gasteiger partial charge in [0.2, 0.25) is 0 Å². The van der Waals surface area contributed by atoms with Gasteiger partial charge in [0.25, 0.3) is 0 Å². The van der Waals surface area contributed by atoms with E-state index < -0.39 is 18.1 Å². The smallest absolute Gasteiger partial charge is 0.407 e. The van der Waals surface area contributed by atoms with E-state index >= 15 is 0 Å². The Morgan fingerprint density at radius 1 is 1.03 bits per heavy atom. The Morgan fingerprint density at radius 3 is 2.23 bits per heavy atom. The zero-order valence-electron chi connectivity index (χ0n) is 17.0. The monoisotopic (exact) mass is 479 g/mol. The van der Waals surface area contributed by atoms with E-state index in [1.165, 1.54) is 0 Å². The molecule has 0 heterocycles. The lowest BCUT2D eigenvalue weighted by molar-refractivity contribution is -0.139. The molecule has 1 atom stereocenters. The van der Waals surface area contributed by atoms with Crippen LogP contribution in [0.5, 0.6) is 0 Å². The van der Waals surface area contributed by atoms with Crippen LogP contribution >= 0.6 is 15.9 Å². The molecule has 0 radical (unpaired) electrons. The van der Waals surface area contributed by atoms with Gasteiger partial charge in [0.15, 0.2) is 0 Å². The first-order chi connectivity index (χ1) is 14.9. The molecule has 31 heavy (non-hydrogen) atoms. The normalized spacial score (nSPS) is 13.2. The van der Waals surface area contributed by atoms with E-state index in [2.05, 4.69) is 33.4 Å². The average molecular weight is 480 g/mol. The maximum Gasteiger partial charge on any atom is 0.407 e. The molecule has 3 aromatic rings. The number of ether oxygens (including phenoxy) is 1. The standard InChI is InChI=1S/C25H22BrNO4/c1-15-12-16(10-11-22(15)26)13-23(24(28)29)27-25(30)31-14-21-19-8-4-2-6-17(19)18-7-3-5-9-20(18)21/h2-12,21,23H,13-14H2,1H3,(H,27,30)(H,28,29)/t23-/m0/s1. The van der Waals surface area contributed by atoms with E-state index in [4.69, 9.17) is 4.74 Å². The Kier molecular flexibility index (Phi) is 6.09. The van der Waals surface area contributed by atoms with Crippen molar-refractivity contribution in [1.82, 2.24) is 5.32 Å². The van der Waals surface area contributed by atoms with Crippen LogP contribution in [-0.4, -0.2) is 29.8 Å². The van der Waals surface area contributed by atoms with Crippen molar-refractivity contribution < 1.29 is 19.4 Å². The Morgan fingerprint density at radius 2 is 1.65 bits per heavy atom. The van der Waals surface area contributed by atoms with Gasteiger partial charge in [-0.1, -0.05) is 76.6 Å². The van der Waals surface area contributed by atoms with E-state index in [1.54, 1.807) is 0 Å². The minimum absolute atomic E-state index is 0.0736. The minimum atomic E-state index is -1.10. The molecule has 0 unspecified atom stereocenters. The van der Waals surface area contributed by atoms with E-state index in [0.29, 0.717) is 0 Å². The topological polar surface area (TPSA) is 75.6 Å². The predicted octanol–water partition coefficient (Wildman–Crippen LogP) is 5.29. The summed E-state index contributed by atoms with van der Waals surface area (Å²) in [6.07, 6.45) is -0.559. The second-order valence-corrected chi connectivity index (χ2v) is 8.50. The number of hydrogen-bond donors (Lipinski definition) is 2. The lowest BCUT2D eigenvalue weighted by Gasteiger charge is -2.18. The molecule has 1 aliphatic rings. The number of carboxylic acids is 1. The first-order valence-corrected chi connectivity index (χ1v) is 10.8. The second-order valence-electron chi connectivity index (χ2n) is 7.65. The van der Waals surface area contributed by atoms with Crippen molar-refractivity contribution in [2.24, 2.45) is 0 Å². The molecule has 1 aliphatic carbocycles. The van der Waals surface area contributed by atoms with Crippen molar-refractivity contribution in [3.05, 3.63) is 93.5 Å². The van der Waals surface area contributed by atoms with Crippen molar-refractivity contribution >= 4 is 28.0 Å². The highest BCUT2D eigenvalue weighted by Gasteiger charge is 2.29. The van der Waals surface area contributed by atoms with Crippen molar-refractivity contribution in [2.75, 3.05) is 6.61 Å². The number of benzene rings is 3. The fourth-order valence-corrected chi connectivity index (χ4v) is 4.30. The van der Waals surface area contributed by atoms with Crippen LogP contribution in [-0.2, 0) is 16.0 Å². The van der Waals surface area contributed by atoms with Crippen LogP contribution in [0.25, 0.3) is 11.1 Å². The van der Waals surface area contributed by atoms with E-state index in [9.17, 15) is 14.7 Å². The first-order valence-electron chi connectivity index (χ1n) is 10.0. The number of hydrogen-bond acceptors (Lipinski definition) is 3. The number of amides is 1.